The average Bonchev–Trinajstić information content (AvgIpc) is 2.29. The Morgan fingerprint density at radius 3 is 2.47 bits per heavy atom. The number of piperidine rings is 1. The SMILES string of the molecule is CN(C)CC1CCN(C(=O)CCCCO)CC1. The molecule has 0 aromatic carbocycles. The number of unbranched alkanes of at least 4 members (excludes halogenated alkanes) is 1. The molecule has 1 N–H and O–H groups in total. The van der Waals surface area contributed by atoms with E-state index in [0.29, 0.717) is 6.42 Å². The molecule has 0 unspecified atom stereocenters. The molecule has 0 saturated carbocycles. The molecule has 17 heavy (non-hydrogen) atoms. The van der Waals surface area contributed by atoms with Crippen LogP contribution in [-0.4, -0.2) is 61.2 Å². The number of amides is 1. The number of aliphatic hydroxyl groups excluding tert-OH is 1. The second kappa shape index (κ2) is 7.67. The van der Waals surface area contributed by atoms with Gasteiger partial charge in [-0.3, -0.25) is 4.79 Å². The molecule has 0 aromatic heterocycles. The zero-order valence-corrected chi connectivity index (χ0v) is 11.2. The minimum Gasteiger partial charge on any atom is -0.396 e. The minimum atomic E-state index is 0.193. The van der Waals surface area contributed by atoms with Gasteiger partial charge in [0, 0.05) is 32.7 Å². The number of rotatable bonds is 6. The first-order valence-corrected chi connectivity index (χ1v) is 6.67. The summed E-state index contributed by atoms with van der Waals surface area (Å²) in [6.07, 6.45) is 4.41. The molecule has 4 heteroatoms. The summed E-state index contributed by atoms with van der Waals surface area (Å²) < 4.78 is 0. The fourth-order valence-corrected chi connectivity index (χ4v) is 2.43. The van der Waals surface area contributed by atoms with Crippen LogP contribution in [0.4, 0.5) is 0 Å². The van der Waals surface area contributed by atoms with Gasteiger partial charge in [-0.1, -0.05) is 0 Å². The lowest BCUT2D eigenvalue weighted by Gasteiger charge is -2.33. The highest BCUT2D eigenvalue weighted by molar-refractivity contribution is 5.76. The Morgan fingerprint density at radius 1 is 1.29 bits per heavy atom. The summed E-state index contributed by atoms with van der Waals surface area (Å²) in [5, 5.41) is 8.68. The lowest BCUT2D eigenvalue weighted by atomic mass is 9.96. The maximum atomic E-state index is 11.8. The van der Waals surface area contributed by atoms with Gasteiger partial charge in [-0.15, -0.1) is 0 Å². The fourth-order valence-electron chi connectivity index (χ4n) is 2.43. The Labute approximate surface area is 105 Å². The van der Waals surface area contributed by atoms with Crippen molar-refractivity contribution in [1.29, 1.82) is 0 Å². The predicted octanol–water partition coefficient (Wildman–Crippen LogP) is 0.949. The van der Waals surface area contributed by atoms with Crippen LogP contribution >= 0.6 is 0 Å². The number of carbonyl (C=O) groups is 1. The molecule has 1 fully saturated rings. The van der Waals surface area contributed by atoms with Crippen molar-refractivity contribution >= 4 is 5.91 Å². The molecule has 1 amide bonds. The second-order valence-electron chi connectivity index (χ2n) is 5.27. The standard InChI is InChI=1S/C13H26N2O2/c1-14(2)11-12-6-8-15(9-7-12)13(17)5-3-4-10-16/h12,16H,3-11H2,1-2H3. The van der Waals surface area contributed by atoms with E-state index in [1.165, 1.54) is 0 Å². The summed E-state index contributed by atoms with van der Waals surface area (Å²) in [6.45, 7) is 3.15. The zero-order chi connectivity index (χ0) is 12.7. The van der Waals surface area contributed by atoms with Crippen molar-refractivity contribution in [3.05, 3.63) is 0 Å². The van der Waals surface area contributed by atoms with Crippen molar-refractivity contribution in [2.24, 2.45) is 5.92 Å². The number of hydrogen-bond acceptors (Lipinski definition) is 3. The average molecular weight is 242 g/mol. The van der Waals surface area contributed by atoms with Gasteiger partial charge in [0.1, 0.15) is 0 Å². The van der Waals surface area contributed by atoms with E-state index in [2.05, 4.69) is 19.0 Å². The molecule has 1 aliphatic rings. The van der Waals surface area contributed by atoms with Crippen LogP contribution in [0.25, 0.3) is 0 Å². The van der Waals surface area contributed by atoms with Gasteiger partial charge in [0.2, 0.25) is 5.91 Å². The maximum Gasteiger partial charge on any atom is 0.222 e. The Balaban J connectivity index is 2.19. The summed E-state index contributed by atoms with van der Waals surface area (Å²) in [4.78, 5) is 16.1. The van der Waals surface area contributed by atoms with Gasteiger partial charge in [0.05, 0.1) is 0 Å². The third-order valence-electron chi connectivity index (χ3n) is 3.39. The zero-order valence-electron chi connectivity index (χ0n) is 11.2. The van der Waals surface area contributed by atoms with Crippen LogP contribution in [0.2, 0.25) is 0 Å². The Morgan fingerprint density at radius 2 is 1.94 bits per heavy atom. The van der Waals surface area contributed by atoms with Crippen molar-refractivity contribution in [2.45, 2.75) is 32.1 Å². The number of aliphatic hydroxyl groups is 1. The molecule has 0 aromatic rings. The number of hydrogen-bond donors (Lipinski definition) is 1. The molecule has 0 spiro atoms. The quantitative estimate of drug-likeness (QED) is 0.705. The van der Waals surface area contributed by atoms with Crippen LogP contribution in [0.5, 0.6) is 0 Å². The third-order valence-corrected chi connectivity index (χ3v) is 3.39. The van der Waals surface area contributed by atoms with Crippen molar-refractivity contribution in [1.82, 2.24) is 9.80 Å². The number of carbonyl (C=O) groups excluding carboxylic acids is 1. The molecule has 1 heterocycles. The molecular formula is C13H26N2O2. The van der Waals surface area contributed by atoms with Gasteiger partial charge in [-0.25, -0.2) is 0 Å². The normalized spacial score (nSPS) is 17.8. The van der Waals surface area contributed by atoms with Crippen molar-refractivity contribution in [2.75, 3.05) is 40.3 Å². The number of nitrogens with zero attached hydrogens (tertiary/aromatic N) is 2. The van der Waals surface area contributed by atoms with Gasteiger partial charge in [0.15, 0.2) is 0 Å². The monoisotopic (exact) mass is 242 g/mol. The van der Waals surface area contributed by atoms with E-state index in [1.807, 2.05) is 4.90 Å². The van der Waals surface area contributed by atoms with Crippen molar-refractivity contribution in [3.8, 4) is 0 Å². The van der Waals surface area contributed by atoms with E-state index >= 15 is 0 Å². The molecule has 100 valence electrons. The van der Waals surface area contributed by atoms with Crippen molar-refractivity contribution in [3.63, 3.8) is 0 Å². The highest BCUT2D eigenvalue weighted by Gasteiger charge is 2.22. The summed E-state index contributed by atoms with van der Waals surface area (Å²) in [7, 11) is 4.21. The van der Waals surface area contributed by atoms with E-state index in [4.69, 9.17) is 5.11 Å². The van der Waals surface area contributed by atoms with Gasteiger partial charge in [-0.05, 0) is 45.7 Å². The highest BCUT2D eigenvalue weighted by atomic mass is 16.3. The Kier molecular flexibility index (Phi) is 6.52. The van der Waals surface area contributed by atoms with E-state index in [-0.39, 0.29) is 12.5 Å². The third kappa shape index (κ3) is 5.50. The second-order valence-corrected chi connectivity index (χ2v) is 5.27. The molecule has 0 aliphatic carbocycles. The maximum absolute atomic E-state index is 11.8. The largest absolute Gasteiger partial charge is 0.396 e. The smallest absolute Gasteiger partial charge is 0.222 e. The molecule has 1 rings (SSSR count). The van der Waals surface area contributed by atoms with E-state index in [9.17, 15) is 4.79 Å². The van der Waals surface area contributed by atoms with Crippen LogP contribution in [-0.2, 0) is 4.79 Å². The van der Waals surface area contributed by atoms with Crippen LogP contribution in [0.1, 0.15) is 32.1 Å². The van der Waals surface area contributed by atoms with Gasteiger partial charge < -0.3 is 14.9 Å². The summed E-state index contributed by atoms with van der Waals surface area (Å²) in [6, 6.07) is 0. The lowest BCUT2D eigenvalue weighted by Crippen LogP contribution is -2.40. The van der Waals surface area contributed by atoms with Crippen LogP contribution in [0, 0.1) is 5.92 Å². The molecular weight excluding hydrogens is 216 g/mol. The summed E-state index contributed by atoms with van der Waals surface area (Å²) in [5.41, 5.74) is 0. The highest BCUT2D eigenvalue weighted by Crippen LogP contribution is 2.18. The molecule has 1 saturated heterocycles. The predicted molar refractivity (Wildman–Crippen MR) is 68.8 cm³/mol. The van der Waals surface area contributed by atoms with Gasteiger partial charge in [-0.2, -0.15) is 0 Å². The van der Waals surface area contributed by atoms with E-state index < -0.39 is 0 Å². The first kappa shape index (κ1) is 14.5. The van der Waals surface area contributed by atoms with Gasteiger partial charge in [0.25, 0.3) is 0 Å². The van der Waals surface area contributed by atoms with Crippen LogP contribution < -0.4 is 0 Å². The first-order valence-electron chi connectivity index (χ1n) is 6.67. The van der Waals surface area contributed by atoms with Gasteiger partial charge >= 0.3 is 0 Å². The molecule has 0 bridgehead atoms. The van der Waals surface area contributed by atoms with E-state index in [0.717, 1.165) is 51.2 Å². The van der Waals surface area contributed by atoms with Crippen molar-refractivity contribution < 1.29 is 9.90 Å². The molecule has 1 aliphatic heterocycles. The van der Waals surface area contributed by atoms with Crippen LogP contribution in [0.15, 0.2) is 0 Å². The molecule has 0 radical (unpaired) electrons. The minimum absolute atomic E-state index is 0.193. The molecule has 4 nitrogen and oxygen atoms in total. The topological polar surface area (TPSA) is 43.8 Å². The lowest BCUT2D eigenvalue weighted by molar-refractivity contribution is -0.132. The summed E-state index contributed by atoms with van der Waals surface area (Å²) >= 11 is 0. The van der Waals surface area contributed by atoms with E-state index in [1.54, 1.807) is 0 Å². The Bertz CT molecular complexity index is 223. The Hall–Kier alpha value is -0.610. The fraction of sp³-hybridized carbons (Fsp3) is 0.923. The van der Waals surface area contributed by atoms with Crippen LogP contribution in [0.3, 0.4) is 0 Å². The first-order chi connectivity index (χ1) is 8.13. The molecule has 0 atom stereocenters. The number of likely N-dealkylation sites (tertiary alicyclic amines) is 1. The summed E-state index contributed by atoms with van der Waals surface area (Å²) in [5.74, 6) is 1.01.